The van der Waals surface area contributed by atoms with E-state index >= 15 is 0 Å². The van der Waals surface area contributed by atoms with E-state index in [2.05, 4.69) is 57.5 Å². The van der Waals surface area contributed by atoms with Crippen molar-refractivity contribution >= 4 is 93.9 Å². The van der Waals surface area contributed by atoms with Gasteiger partial charge in [0.25, 0.3) is 23.6 Å². The number of amides is 8. The molecule has 4 atom stereocenters. The molecule has 0 bridgehead atoms. The fourth-order valence-electron chi connectivity index (χ4n) is 8.58. The van der Waals surface area contributed by atoms with Gasteiger partial charge in [-0.25, -0.2) is 4.79 Å². The van der Waals surface area contributed by atoms with E-state index < -0.39 is 84.0 Å². The van der Waals surface area contributed by atoms with E-state index in [9.17, 15) is 48.3 Å². The molecule has 0 saturated heterocycles. The molecule has 0 saturated carbocycles. The van der Waals surface area contributed by atoms with E-state index in [1.807, 2.05) is 0 Å². The number of carboxylic acids is 1. The second-order valence-corrected chi connectivity index (χ2v) is 19.8. The van der Waals surface area contributed by atoms with Crippen molar-refractivity contribution in [3.05, 3.63) is 95.1 Å². The minimum absolute atomic E-state index is 0.00149. The SMILES string of the molecule is COc1ccc(NC(=O)[C@@H](CCCN=C(N)N)NC(=O)c2cc(NC(=O)[C@@H](CCCN=C(N)N)NC(=O)c3cc(NC(=O)[C@@H](CCCN=C(N)N)NC(=O)c4cc(NC(=O)[C@H](N)CCCNCN)ccc4OC)ccc3OCC(=O)O)ccc2OC)cc1C(N)=O. The van der Waals surface area contributed by atoms with E-state index in [-0.39, 0.29) is 151 Å². The highest BCUT2D eigenvalue weighted by atomic mass is 16.5. The number of carbonyl (C=O) groups excluding carboxylic acids is 8. The molecular weight excluding hydrogens is 1190 g/mol. The van der Waals surface area contributed by atoms with Gasteiger partial charge in [-0.2, -0.15) is 0 Å². The third-order valence-electron chi connectivity index (χ3n) is 13.0. The number of rotatable bonds is 38. The van der Waals surface area contributed by atoms with Gasteiger partial charge >= 0.3 is 5.97 Å². The molecule has 0 radical (unpaired) electrons. The van der Waals surface area contributed by atoms with E-state index in [1.54, 1.807) is 0 Å². The number of guanidine groups is 3. The summed E-state index contributed by atoms with van der Waals surface area (Å²) in [5.74, 6) is -8.55. The minimum Gasteiger partial charge on any atom is -0.496 e. The number of benzene rings is 4. The summed E-state index contributed by atoms with van der Waals surface area (Å²) < 4.78 is 21.6. The van der Waals surface area contributed by atoms with Gasteiger partial charge < -0.3 is 118 Å². The Morgan fingerprint density at radius 3 is 1.12 bits per heavy atom. The Hall–Kier alpha value is -11.0. The molecule has 0 heterocycles. The molecule has 4 aromatic rings. The molecule has 0 aromatic heterocycles. The number of methoxy groups -OCH3 is 3. The highest BCUT2D eigenvalue weighted by molar-refractivity contribution is 6.08. The van der Waals surface area contributed by atoms with Gasteiger partial charge in [0, 0.05) is 49.1 Å². The topological polar surface area (TPSA) is 578 Å². The largest absolute Gasteiger partial charge is 0.496 e. The maximum Gasteiger partial charge on any atom is 0.341 e. The van der Waals surface area contributed by atoms with Crippen molar-refractivity contribution in [3.8, 4) is 23.0 Å². The van der Waals surface area contributed by atoms with Crippen molar-refractivity contribution in [2.45, 2.75) is 75.5 Å². The van der Waals surface area contributed by atoms with Gasteiger partial charge in [-0.3, -0.25) is 53.3 Å². The number of hydrogen-bond donors (Lipinski definition) is 18. The van der Waals surface area contributed by atoms with Crippen LogP contribution >= 0.6 is 0 Å². The number of nitrogens with two attached hydrogens (primary N) is 9. The van der Waals surface area contributed by atoms with Crippen LogP contribution in [0.5, 0.6) is 23.0 Å². The lowest BCUT2D eigenvalue weighted by atomic mass is 10.1. The van der Waals surface area contributed by atoms with Crippen LogP contribution in [0.2, 0.25) is 0 Å². The molecule has 91 heavy (non-hydrogen) atoms. The standard InChI is InChI=1S/C57H80N20O14/c1-88-42-16-12-30(24-34(42)47(60)80)72-52(85)39(9-5-21-68-55(61)62)75-49(82)36-26-32(14-18-44(36)90-3)73-54(87)41(11-7-23-70-57(65)66)77-50(83)37-27-33(15-19-45(37)91-28-46(78)79)74-53(86)40(10-6-22-69-56(63)64)76-48(81)35-25-31(13-17-43(35)89-2)71-51(84)38(59)8-4-20-67-29-58/h12-19,24-27,38-41,67H,4-11,20-23,28-29,58-59H2,1-3H3,(H2,60,80)(H,71,84)(H,72,85)(H,73,87)(H,74,86)(H,75,82)(H,76,81)(H,77,83)(H,78,79)(H4,61,62,68)(H4,63,64,69)(H4,65,66,70)/t38-,39-,40-,41-/m1/s1. The maximum atomic E-state index is 14.5. The number of nitrogens with one attached hydrogen (secondary N) is 8. The highest BCUT2D eigenvalue weighted by Gasteiger charge is 2.29. The average molecular weight is 1270 g/mol. The summed E-state index contributed by atoms with van der Waals surface area (Å²) >= 11 is 0. The highest BCUT2D eigenvalue weighted by Crippen LogP contribution is 2.28. The van der Waals surface area contributed by atoms with E-state index in [0.29, 0.717) is 19.4 Å². The Balaban J connectivity index is 1.66. The van der Waals surface area contributed by atoms with Crippen LogP contribution in [0.3, 0.4) is 0 Å². The lowest BCUT2D eigenvalue weighted by Gasteiger charge is -2.22. The van der Waals surface area contributed by atoms with Crippen LogP contribution in [0.15, 0.2) is 87.8 Å². The second-order valence-electron chi connectivity index (χ2n) is 19.8. The van der Waals surface area contributed by atoms with Crippen molar-refractivity contribution < 1.29 is 67.2 Å². The third-order valence-corrected chi connectivity index (χ3v) is 13.0. The monoisotopic (exact) mass is 1270 g/mol. The van der Waals surface area contributed by atoms with Crippen LogP contribution in [-0.4, -0.2) is 161 Å². The quantitative estimate of drug-likeness (QED) is 0.0102. The summed E-state index contributed by atoms with van der Waals surface area (Å²) in [6.07, 6.45) is 1.16. The number of carboxylic acid groups (broad SMARTS) is 1. The molecule has 27 N–H and O–H groups in total. The van der Waals surface area contributed by atoms with Gasteiger partial charge in [-0.1, -0.05) is 0 Å². The molecule has 0 aliphatic rings. The van der Waals surface area contributed by atoms with Gasteiger partial charge in [0.15, 0.2) is 24.5 Å². The molecule has 34 heteroatoms. The molecule has 4 rings (SSSR count). The Kier molecular flexibility index (Phi) is 29.5. The van der Waals surface area contributed by atoms with Crippen LogP contribution < -0.4 is 113 Å². The first-order valence-corrected chi connectivity index (χ1v) is 28.2. The normalized spacial score (nSPS) is 11.9. The lowest BCUT2D eigenvalue weighted by Crippen LogP contribution is -2.44. The minimum atomic E-state index is -1.44. The lowest BCUT2D eigenvalue weighted by molar-refractivity contribution is -0.139. The average Bonchev–Trinajstić information content (AvgIpc) is 1.36. The zero-order chi connectivity index (χ0) is 67.2. The smallest absolute Gasteiger partial charge is 0.341 e. The number of aliphatic imine (C=N–C) groups is 3. The zero-order valence-electron chi connectivity index (χ0n) is 50.4. The van der Waals surface area contributed by atoms with Gasteiger partial charge in [-0.15, -0.1) is 0 Å². The van der Waals surface area contributed by atoms with Crippen LogP contribution in [0.25, 0.3) is 0 Å². The van der Waals surface area contributed by atoms with Crippen molar-refractivity contribution in [3.63, 3.8) is 0 Å². The Bertz CT molecular complexity index is 3310. The fraction of sp³-hybridized carbons (Fsp3) is 0.368. The zero-order valence-corrected chi connectivity index (χ0v) is 50.4. The first kappa shape index (κ1) is 72.5. The molecule has 0 fully saturated rings. The van der Waals surface area contributed by atoms with Crippen LogP contribution in [0, 0.1) is 0 Å². The number of aliphatic carboxylic acids is 1. The Morgan fingerprint density at radius 1 is 0.462 bits per heavy atom. The predicted octanol–water partition coefficient (Wildman–Crippen LogP) is -1.80. The molecule has 8 amide bonds. The summed E-state index contributed by atoms with van der Waals surface area (Å²) in [4.78, 5) is 134. The summed E-state index contributed by atoms with van der Waals surface area (Å²) in [5, 5.41) is 31.1. The summed E-state index contributed by atoms with van der Waals surface area (Å²) in [6.45, 7) is 0.00168. The van der Waals surface area contributed by atoms with Crippen molar-refractivity contribution in [1.82, 2.24) is 21.3 Å². The summed E-state index contributed by atoms with van der Waals surface area (Å²) in [6, 6.07) is 11.1. The van der Waals surface area contributed by atoms with Gasteiger partial charge in [0.05, 0.1) is 49.6 Å². The maximum absolute atomic E-state index is 14.5. The fourth-order valence-corrected chi connectivity index (χ4v) is 8.58. The van der Waals surface area contributed by atoms with E-state index in [1.165, 1.54) is 88.1 Å². The number of carbonyl (C=O) groups is 9. The third kappa shape index (κ3) is 24.2. The predicted molar refractivity (Wildman–Crippen MR) is 339 cm³/mol. The van der Waals surface area contributed by atoms with Crippen molar-refractivity contribution in [2.24, 2.45) is 66.6 Å². The molecule has 492 valence electrons. The number of anilines is 4. The molecule has 0 spiro atoms. The van der Waals surface area contributed by atoms with Crippen LogP contribution in [-0.2, 0) is 24.0 Å². The molecule has 0 aliphatic carbocycles. The molecule has 4 aromatic carbocycles. The summed E-state index contributed by atoms with van der Waals surface area (Å²) in [7, 11) is 3.93. The van der Waals surface area contributed by atoms with Gasteiger partial charge in [0.1, 0.15) is 41.1 Å². The van der Waals surface area contributed by atoms with Gasteiger partial charge in [-0.05, 0) is 131 Å². The van der Waals surface area contributed by atoms with Crippen molar-refractivity contribution in [2.75, 3.05) is 82.1 Å². The number of nitrogens with zero attached hydrogens (tertiary/aromatic N) is 3. The number of hydrogen-bond acceptors (Lipinski definition) is 19. The Labute approximate surface area is 522 Å². The summed E-state index contributed by atoms with van der Waals surface area (Å²) in [5.41, 5.74) is 49.9. The van der Waals surface area contributed by atoms with E-state index in [0.717, 1.165) is 6.07 Å². The first-order valence-electron chi connectivity index (χ1n) is 28.2. The van der Waals surface area contributed by atoms with Crippen LogP contribution in [0.4, 0.5) is 22.7 Å². The first-order chi connectivity index (χ1) is 43.4. The van der Waals surface area contributed by atoms with Crippen LogP contribution in [0.1, 0.15) is 92.8 Å². The molecule has 0 aliphatic heterocycles. The number of primary amides is 1. The number of ether oxygens (including phenoxy) is 4. The molecular formula is C57H80N20O14. The second kappa shape index (κ2) is 37.0. The molecule has 34 nitrogen and oxygen atoms in total. The molecule has 0 unspecified atom stereocenters. The van der Waals surface area contributed by atoms with E-state index in [4.69, 9.17) is 70.6 Å². The van der Waals surface area contributed by atoms with Crippen molar-refractivity contribution in [1.29, 1.82) is 0 Å². The van der Waals surface area contributed by atoms with Gasteiger partial charge in [0.2, 0.25) is 23.6 Å². The Morgan fingerprint density at radius 2 is 0.791 bits per heavy atom.